The first-order valence-electron chi connectivity index (χ1n) is 11.6. The van der Waals surface area contributed by atoms with E-state index >= 15 is 0 Å². The zero-order valence-electron chi connectivity index (χ0n) is 20.0. The number of nitrogens with one attached hydrogen (secondary N) is 1. The van der Waals surface area contributed by atoms with Crippen molar-refractivity contribution >= 4 is 46.8 Å². The Hall–Kier alpha value is -2.47. The minimum atomic E-state index is -0.631. The van der Waals surface area contributed by atoms with Gasteiger partial charge in [-0.2, -0.15) is 0 Å². The summed E-state index contributed by atoms with van der Waals surface area (Å²) in [6, 6.07) is 22.5. The topological polar surface area (TPSA) is 49.4 Å². The maximum Gasteiger partial charge on any atom is 0.243 e. The lowest BCUT2D eigenvalue weighted by molar-refractivity contribution is -0.139. The molecule has 1 atom stereocenters. The Morgan fingerprint density at radius 2 is 1.60 bits per heavy atom. The molecule has 0 bridgehead atoms. The van der Waals surface area contributed by atoms with Gasteiger partial charge in [0, 0.05) is 35.3 Å². The van der Waals surface area contributed by atoms with Crippen LogP contribution in [0.1, 0.15) is 29.2 Å². The molecule has 1 unspecified atom stereocenters. The van der Waals surface area contributed by atoms with Crippen molar-refractivity contribution in [3.05, 3.63) is 105 Å². The van der Waals surface area contributed by atoms with Gasteiger partial charge in [-0.3, -0.25) is 9.59 Å². The lowest BCUT2D eigenvalue weighted by Gasteiger charge is -2.32. The van der Waals surface area contributed by atoms with Gasteiger partial charge in [0.2, 0.25) is 11.8 Å². The van der Waals surface area contributed by atoms with Gasteiger partial charge in [0.25, 0.3) is 0 Å². The summed E-state index contributed by atoms with van der Waals surface area (Å²) in [7, 11) is 0. The Bertz CT molecular complexity index is 1120. The smallest absolute Gasteiger partial charge is 0.243 e. The van der Waals surface area contributed by atoms with Gasteiger partial charge in [-0.1, -0.05) is 83.9 Å². The molecule has 0 spiro atoms. The number of halogens is 2. The number of thioether (sulfide) groups is 1. The summed E-state index contributed by atoms with van der Waals surface area (Å²) in [5, 5.41) is 4.09. The number of hydrogen-bond acceptors (Lipinski definition) is 3. The molecule has 184 valence electrons. The van der Waals surface area contributed by atoms with E-state index in [2.05, 4.69) is 5.32 Å². The van der Waals surface area contributed by atoms with Crippen LogP contribution in [0.4, 0.5) is 0 Å². The van der Waals surface area contributed by atoms with E-state index in [0.29, 0.717) is 35.3 Å². The normalized spacial score (nSPS) is 11.7. The molecule has 0 fully saturated rings. The number of benzene rings is 3. The molecule has 3 rings (SSSR count). The first-order valence-corrected chi connectivity index (χ1v) is 13.5. The predicted octanol–water partition coefficient (Wildman–Crippen LogP) is 6.31. The van der Waals surface area contributed by atoms with E-state index in [1.807, 2.05) is 68.4 Å². The first kappa shape index (κ1) is 27.1. The van der Waals surface area contributed by atoms with E-state index in [4.69, 9.17) is 23.2 Å². The third-order valence-corrected chi connectivity index (χ3v) is 7.41. The molecule has 7 heteroatoms. The molecule has 0 heterocycles. The second kappa shape index (κ2) is 13.6. The van der Waals surface area contributed by atoms with Crippen molar-refractivity contribution in [3.63, 3.8) is 0 Å². The van der Waals surface area contributed by atoms with Gasteiger partial charge in [0.15, 0.2) is 0 Å². The van der Waals surface area contributed by atoms with Crippen LogP contribution in [-0.4, -0.2) is 35.1 Å². The minimum Gasteiger partial charge on any atom is -0.355 e. The number of nitrogens with zero attached hydrogens (tertiary/aromatic N) is 1. The standard InChI is InChI=1S/C28H30Cl2N2O2S/c1-3-31-28(34)26(16-21-11-5-4-6-12-21)32(17-22-13-8-7-10-20(22)2)27(33)19-35-18-23-24(29)14-9-15-25(23)30/h4-15,26H,3,16-19H2,1-2H3,(H,31,34). The van der Waals surface area contributed by atoms with E-state index in [0.717, 1.165) is 22.3 Å². The van der Waals surface area contributed by atoms with Crippen molar-refractivity contribution in [3.8, 4) is 0 Å². The molecule has 0 aliphatic rings. The summed E-state index contributed by atoms with van der Waals surface area (Å²) in [5.41, 5.74) is 3.91. The highest BCUT2D eigenvalue weighted by atomic mass is 35.5. The molecule has 0 aliphatic carbocycles. The van der Waals surface area contributed by atoms with E-state index in [-0.39, 0.29) is 17.6 Å². The van der Waals surface area contributed by atoms with Crippen molar-refractivity contribution in [1.29, 1.82) is 0 Å². The summed E-state index contributed by atoms with van der Waals surface area (Å²) in [5.74, 6) is 0.455. The zero-order chi connectivity index (χ0) is 25.2. The highest BCUT2D eigenvalue weighted by molar-refractivity contribution is 7.99. The number of hydrogen-bond donors (Lipinski definition) is 1. The van der Waals surface area contributed by atoms with Gasteiger partial charge >= 0.3 is 0 Å². The highest BCUT2D eigenvalue weighted by Crippen LogP contribution is 2.28. The number of amides is 2. The molecular weight excluding hydrogens is 499 g/mol. The Kier molecular flexibility index (Phi) is 10.5. The number of likely N-dealkylation sites (N-methyl/N-ethyl adjacent to an activating group) is 1. The van der Waals surface area contributed by atoms with Crippen molar-refractivity contribution in [1.82, 2.24) is 10.2 Å². The van der Waals surface area contributed by atoms with E-state index in [9.17, 15) is 9.59 Å². The summed E-state index contributed by atoms with van der Waals surface area (Å²) in [6.07, 6.45) is 0.436. The second-order valence-corrected chi connectivity index (χ2v) is 10.0. The molecule has 35 heavy (non-hydrogen) atoms. The van der Waals surface area contributed by atoms with Gasteiger partial charge in [0.05, 0.1) is 5.75 Å². The average Bonchev–Trinajstić information content (AvgIpc) is 2.85. The highest BCUT2D eigenvalue weighted by Gasteiger charge is 2.30. The molecule has 4 nitrogen and oxygen atoms in total. The maximum atomic E-state index is 13.6. The van der Waals surface area contributed by atoms with Crippen molar-refractivity contribution in [2.24, 2.45) is 0 Å². The van der Waals surface area contributed by atoms with Gasteiger partial charge < -0.3 is 10.2 Å². The lowest BCUT2D eigenvalue weighted by Crippen LogP contribution is -2.51. The SMILES string of the molecule is CCNC(=O)C(Cc1ccccc1)N(Cc1ccccc1C)C(=O)CSCc1c(Cl)cccc1Cl. The molecular formula is C28H30Cl2N2O2S. The van der Waals surface area contributed by atoms with Crippen LogP contribution in [0.3, 0.4) is 0 Å². The Labute approximate surface area is 222 Å². The predicted molar refractivity (Wildman–Crippen MR) is 147 cm³/mol. The van der Waals surface area contributed by atoms with Crippen molar-refractivity contribution in [2.45, 2.75) is 38.6 Å². The molecule has 0 radical (unpaired) electrons. The van der Waals surface area contributed by atoms with Crippen LogP contribution in [0.25, 0.3) is 0 Å². The molecule has 3 aromatic rings. The summed E-state index contributed by atoms with van der Waals surface area (Å²) < 4.78 is 0. The molecule has 0 aliphatic heterocycles. The molecule has 2 amide bonds. The van der Waals surface area contributed by atoms with Crippen molar-refractivity contribution in [2.75, 3.05) is 12.3 Å². The number of rotatable bonds is 11. The number of aryl methyl sites for hydroxylation is 1. The molecule has 0 saturated carbocycles. The molecule has 0 saturated heterocycles. The monoisotopic (exact) mass is 528 g/mol. The largest absolute Gasteiger partial charge is 0.355 e. The summed E-state index contributed by atoms with van der Waals surface area (Å²) in [4.78, 5) is 28.5. The first-order chi connectivity index (χ1) is 16.9. The van der Waals surface area contributed by atoms with E-state index in [1.54, 1.807) is 23.1 Å². The minimum absolute atomic E-state index is 0.103. The Morgan fingerprint density at radius 3 is 2.26 bits per heavy atom. The van der Waals surface area contributed by atoms with Crippen LogP contribution in [0.2, 0.25) is 10.0 Å². The quantitative estimate of drug-likeness (QED) is 0.317. The van der Waals surface area contributed by atoms with Crippen LogP contribution in [0.15, 0.2) is 72.8 Å². The third-order valence-electron chi connectivity index (χ3n) is 5.76. The fourth-order valence-electron chi connectivity index (χ4n) is 3.81. The summed E-state index contributed by atoms with van der Waals surface area (Å²) in [6.45, 7) is 4.75. The van der Waals surface area contributed by atoms with Crippen LogP contribution < -0.4 is 5.32 Å². The molecule has 0 aromatic heterocycles. The molecule has 3 aromatic carbocycles. The number of carbonyl (C=O) groups is 2. The summed E-state index contributed by atoms with van der Waals surface area (Å²) >= 11 is 14.0. The van der Waals surface area contributed by atoms with Crippen LogP contribution in [-0.2, 0) is 28.3 Å². The van der Waals surface area contributed by atoms with Crippen LogP contribution in [0.5, 0.6) is 0 Å². The van der Waals surface area contributed by atoms with Crippen LogP contribution in [0, 0.1) is 6.92 Å². The lowest BCUT2D eigenvalue weighted by atomic mass is 10.0. The Balaban J connectivity index is 1.86. The third kappa shape index (κ3) is 7.76. The average molecular weight is 530 g/mol. The van der Waals surface area contributed by atoms with Crippen molar-refractivity contribution < 1.29 is 9.59 Å². The number of carbonyl (C=O) groups excluding carboxylic acids is 2. The maximum absolute atomic E-state index is 13.6. The fraction of sp³-hybridized carbons (Fsp3) is 0.286. The van der Waals surface area contributed by atoms with Gasteiger partial charge in [-0.05, 0) is 48.2 Å². The van der Waals surface area contributed by atoms with E-state index < -0.39 is 6.04 Å². The molecule has 1 N–H and O–H groups in total. The van der Waals surface area contributed by atoms with E-state index in [1.165, 1.54) is 11.8 Å². The van der Waals surface area contributed by atoms with Gasteiger partial charge in [-0.15, -0.1) is 11.8 Å². The zero-order valence-corrected chi connectivity index (χ0v) is 22.3. The van der Waals surface area contributed by atoms with Gasteiger partial charge in [0.1, 0.15) is 6.04 Å². The van der Waals surface area contributed by atoms with Crippen LogP contribution >= 0.6 is 35.0 Å². The Morgan fingerprint density at radius 1 is 0.943 bits per heavy atom. The van der Waals surface area contributed by atoms with Gasteiger partial charge in [-0.25, -0.2) is 0 Å². The fourth-order valence-corrected chi connectivity index (χ4v) is 5.46. The second-order valence-electron chi connectivity index (χ2n) is 8.24.